The van der Waals surface area contributed by atoms with E-state index in [1.807, 2.05) is 0 Å². The van der Waals surface area contributed by atoms with Crippen LogP contribution in [0.5, 0.6) is 5.75 Å². The zero-order valence-corrected chi connectivity index (χ0v) is 16.5. The van der Waals surface area contributed by atoms with Crippen molar-refractivity contribution in [2.45, 2.75) is 5.92 Å². The Morgan fingerprint density at radius 3 is 2.12 bits per heavy atom. The monoisotopic (exact) mass is 477 g/mol. The molecule has 134 valence electrons. The molecule has 1 aromatic carbocycles. The van der Waals surface area contributed by atoms with Crippen LogP contribution in [0.1, 0.15) is 11.5 Å². The summed E-state index contributed by atoms with van der Waals surface area (Å²) in [6.45, 7) is 0. The topological polar surface area (TPSA) is 104 Å². The third kappa shape index (κ3) is 3.23. The van der Waals surface area contributed by atoms with Crippen LogP contribution in [-0.2, 0) is 23.8 Å². The molecule has 1 N–H and O–H groups in total. The van der Waals surface area contributed by atoms with Gasteiger partial charge in [0.1, 0.15) is 5.75 Å². The predicted molar refractivity (Wildman–Crippen MR) is 93.6 cm³/mol. The number of nitrogens with zero attached hydrogens (tertiary/aromatic N) is 1. The summed E-state index contributed by atoms with van der Waals surface area (Å²) in [6.07, 6.45) is 0.528. The van der Waals surface area contributed by atoms with Crippen LogP contribution in [0, 0.1) is 0 Å². The van der Waals surface area contributed by atoms with Gasteiger partial charge in [-0.1, -0.05) is 0 Å². The van der Waals surface area contributed by atoms with E-state index < -0.39 is 23.9 Å². The Balaban J connectivity index is 2.91. The number of ether oxygens (including phenoxy) is 3. The van der Waals surface area contributed by atoms with Crippen LogP contribution < -0.4 is 0 Å². The molecule has 25 heavy (non-hydrogen) atoms. The molecule has 0 amide bonds. The average Bonchev–Trinajstić information content (AvgIpc) is 2.97. The first-order valence-corrected chi connectivity index (χ1v) is 8.32. The van der Waals surface area contributed by atoms with Crippen LogP contribution in [0.4, 0.5) is 4.79 Å². The molecule has 2 rings (SSSR count). The van der Waals surface area contributed by atoms with E-state index in [1.165, 1.54) is 19.4 Å². The number of benzene rings is 1. The Morgan fingerprint density at radius 1 is 1.08 bits per heavy atom. The molecule has 1 aromatic heterocycles. The van der Waals surface area contributed by atoms with Gasteiger partial charge in [0.15, 0.2) is 5.92 Å². The molecule has 0 saturated heterocycles. The number of phenolic OH excluding ortho intramolecular Hbond substituents is 1. The van der Waals surface area contributed by atoms with Crippen LogP contribution in [0.3, 0.4) is 0 Å². The van der Waals surface area contributed by atoms with Crippen LogP contribution in [-0.4, -0.2) is 49.0 Å². The van der Waals surface area contributed by atoms with Gasteiger partial charge in [0.2, 0.25) is 0 Å². The molecule has 1 heterocycles. The highest BCUT2D eigenvalue weighted by Crippen LogP contribution is 2.43. The van der Waals surface area contributed by atoms with Gasteiger partial charge in [0, 0.05) is 17.1 Å². The lowest BCUT2D eigenvalue weighted by atomic mass is 9.98. The number of halogens is 2. The summed E-state index contributed by atoms with van der Waals surface area (Å²) >= 11 is 6.40. The van der Waals surface area contributed by atoms with Gasteiger partial charge in [-0.15, -0.1) is 0 Å². The minimum atomic E-state index is -1.44. The molecular weight excluding hydrogens is 466 g/mol. The number of esters is 2. The minimum Gasteiger partial charge on any atom is -0.506 e. The van der Waals surface area contributed by atoms with E-state index in [0.29, 0.717) is 9.99 Å². The van der Waals surface area contributed by atoms with Crippen LogP contribution >= 0.6 is 31.9 Å². The van der Waals surface area contributed by atoms with Crippen molar-refractivity contribution >= 4 is 60.8 Å². The zero-order chi connectivity index (χ0) is 18.9. The number of rotatable bonds is 3. The molecule has 0 fully saturated rings. The van der Waals surface area contributed by atoms with E-state index in [9.17, 15) is 19.5 Å². The van der Waals surface area contributed by atoms with E-state index in [0.717, 1.165) is 18.8 Å². The Bertz CT molecular complexity index is 859. The fourth-order valence-corrected chi connectivity index (χ4v) is 3.71. The van der Waals surface area contributed by atoms with Crippen molar-refractivity contribution in [3.8, 4) is 5.75 Å². The highest BCUT2D eigenvalue weighted by atomic mass is 79.9. The lowest BCUT2D eigenvalue weighted by Gasteiger charge is -2.12. The number of carbonyl (C=O) groups is 3. The van der Waals surface area contributed by atoms with Crippen molar-refractivity contribution < 1.29 is 33.7 Å². The summed E-state index contributed by atoms with van der Waals surface area (Å²) in [4.78, 5) is 36.3. The van der Waals surface area contributed by atoms with Crippen molar-refractivity contribution in [1.29, 1.82) is 0 Å². The Hall–Kier alpha value is -2.07. The number of aromatic hydroxyl groups is 1. The molecule has 0 spiro atoms. The van der Waals surface area contributed by atoms with E-state index >= 15 is 0 Å². The summed E-state index contributed by atoms with van der Waals surface area (Å²) in [5, 5.41) is 10.4. The first kappa shape index (κ1) is 19.3. The minimum absolute atomic E-state index is 0.119. The van der Waals surface area contributed by atoms with Crippen LogP contribution in [0.15, 0.2) is 21.2 Å². The highest BCUT2D eigenvalue weighted by Gasteiger charge is 2.35. The van der Waals surface area contributed by atoms with Crippen molar-refractivity contribution in [1.82, 2.24) is 4.57 Å². The number of carbonyl (C=O) groups excluding carboxylic acids is 3. The molecule has 0 atom stereocenters. The maximum atomic E-state index is 12.1. The van der Waals surface area contributed by atoms with Gasteiger partial charge < -0.3 is 19.3 Å². The average molecular weight is 479 g/mol. The maximum Gasteiger partial charge on any atom is 0.418 e. The zero-order valence-electron chi connectivity index (χ0n) is 13.3. The first-order chi connectivity index (χ1) is 11.8. The van der Waals surface area contributed by atoms with Gasteiger partial charge in [0.25, 0.3) is 0 Å². The van der Waals surface area contributed by atoms with Gasteiger partial charge in [-0.05, 0) is 37.9 Å². The van der Waals surface area contributed by atoms with Gasteiger partial charge in [0.05, 0.1) is 35.8 Å². The van der Waals surface area contributed by atoms with Crippen molar-refractivity contribution in [2.75, 3.05) is 21.3 Å². The molecule has 0 unspecified atom stereocenters. The Morgan fingerprint density at radius 2 is 1.64 bits per heavy atom. The number of hydrogen-bond donors (Lipinski definition) is 1. The maximum absolute atomic E-state index is 12.1. The largest absolute Gasteiger partial charge is 0.506 e. The number of phenols is 1. The van der Waals surface area contributed by atoms with Gasteiger partial charge in [-0.3, -0.25) is 14.2 Å². The Kier molecular flexibility index (Phi) is 5.73. The number of hydrogen-bond acceptors (Lipinski definition) is 7. The van der Waals surface area contributed by atoms with Gasteiger partial charge >= 0.3 is 18.0 Å². The standard InChI is InChI=1S/C15H13Br2NO7/c1-23-13(20)10(14(21)24-2)6-5-18(15(22)25-3)8-4-7(16)12(19)11(17)9(6)8/h4-5,10,19H,1-3H3. The smallest absolute Gasteiger partial charge is 0.418 e. The SMILES string of the molecule is COC(=O)C(C(=O)OC)c1cn(C(=O)OC)c2cc(Br)c(O)c(Br)c12. The molecule has 2 aromatic rings. The first-order valence-electron chi connectivity index (χ1n) is 6.74. The summed E-state index contributed by atoms with van der Waals surface area (Å²) in [6, 6.07) is 1.46. The second-order valence-electron chi connectivity index (χ2n) is 4.82. The molecule has 0 aliphatic rings. The normalized spacial score (nSPS) is 10.8. The fraction of sp³-hybridized carbons (Fsp3) is 0.267. The number of aromatic nitrogens is 1. The molecule has 8 nitrogen and oxygen atoms in total. The van der Waals surface area contributed by atoms with Crippen molar-refractivity contribution in [3.05, 3.63) is 26.8 Å². The van der Waals surface area contributed by atoms with E-state index in [2.05, 4.69) is 41.3 Å². The van der Waals surface area contributed by atoms with Crippen LogP contribution in [0.25, 0.3) is 10.9 Å². The summed E-state index contributed by atoms with van der Waals surface area (Å²) < 4.78 is 15.7. The van der Waals surface area contributed by atoms with E-state index in [4.69, 9.17) is 4.74 Å². The third-order valence-electron chi connectivity index (χ3n) is 3.55. The summed E-state index contributed by atoms with van der Waals surface area (Å²) in [7, 11) is 3.44. The number of fused-ring (bicyclic) bond motifs is 1. The van der Waals surface area contributed by atoms with E-state index in [1.54, 1.807) is 0 Å². The third-order valence-corrected chi connectivity index (χ3v) is 4.92. The van der Waals surface area contributed by atoms with E-state index in [-0.39, 0.29) is 21.2 Å². The molecule has 0 aliphatic carbocycles. The molecule has 0 saturated carbocycles. The predicted octanol–water partition coefficient (Wildman–Crippen LogP) is 2.92. The molecule has 0 bridgehead atoms. The van der Waals surface area contributed by atoms with Crippen LogP contribution in [0.2, 0.25) is 0 Å². The second-order valence-corrected chi connectivity index (χ2v) is 6.47. The quantitative estimate of drug-likeness (QED) is 0.410. The molecule has 0 aliphatic heterocycles. The lowest BCUT2D eigenvalue weighted by molar-refractivity contribution is -0.154. The highest BCUT2D eigenvalue weighted by molar-refractivity contribution is 9.11. The Labute approximate surface area is 158 Å². The molecular formula is C15H13Br2NO7. The molecule has 0 radical (unpaired) electrons. The lowest BCUT2D eigenvalue weighted by Crippen LogP contribution is -2.24. The van der Waals surface area contributed by atoms with Gasteiger partial charge in [-0.25, -0.2) is 4.79 Å². The molecule has 10 heteroatoms. The second kappa shape index (κ2) is 7.44. The van der Waals surface area contributed by atoms with Gasteiger partial charge in [-0.2, -0.15) is 0 Å². The summed E-state index contributed by atoms with van der Waals surface area (Å²) in [5.41, 5.74) is 0.421. The number of methoxy groups -OCH3 is 3. The van der Waals surface area contributed by atoms with Crippen molar-refractivity contribution in [2.24, 2.45) is 0 Å². The summed E-state index contributed by atoms with van der Waals surface area (Å²) in [5.74, 6) is -3.35. The fourth-order valence-electron chi connectivity index (χ4n) is 2.39. The van der Waals surface area contributed by atoms with Crippen molar-refractivity contribution in [3.63, 3.8) is 0 Å².